The van der Waals surface area contributed by atoms with Crippen LogP contribution in [0.1, 0.15) is 77.3 Å². The Balaban J connectivity index is 0.743. The number of piperidine rings is 1. The van der Waals surface area contributed by atoms with E-state index in [0.717, 1.165) is 50.5 Å². The Hall–Kier alpha value is -4.73. The maximum atomic E-state index is 13.0. The summed E-state index contributed by atoms with van der Waals surface area (Å²) in [6.07, 6.45) is 6.19. The van der Waals surface area contributed by atoms with Crippen LogP contribution in [0.15, 0.2) is 54.9 Å². The quantitative estimate of drug-likeness (QED) is 0.112. The van der Waals surface area contributed by atoms with Crippen LogP contribution in [0.4, 0.5) is 5.69 Å². The molecule has 3 aromatic rings. The summed E-state index contributed by atoms with van der Waals surface area (Å²) >= 11 is 0. The molecule has 14 nitrogen and oxygen atoms in total. The zero-order chi connectivity index (χ0) is 40.9. The Kier molecular flexibility index (Phi) is 15.8. The van der Waals surface area contributed by atoms with Crippen LogP contribution in [0, 0.1) is 6.92 Å². The molecule has 2 atom stereocenters. The lowest BCUT2D eigenvalue weighted by Crippen LogP contribution is -2.54. The highest BCUT2D eigenvalue weighted by molar-refractivity contribution is 6.23. The van der Waals surface area contributed by atoms with E-state index in [-0.39, 0.29) is 30.6 Å². The van der Waals surface area contributed by atoms with Crippen LogP contribution in [-0.4, -0.2) is 137 Å². The number of hydrogen-bond donors (Lipinski definition) is 1. The SMILES string of the molecule is CCC(C)c1ccncc1-c1ccc(N2CCN(CCCOCCOCCOCCOCCOc3ccc4c(c3)C(=O)N(C3CCC(=O)NC3=O)C4=O)CC2)cc1C. The molecule has 312 valence electrons. The third-order valence-corrected chi connectivity index (χ3v) is 11.0. The Morgan fingerprint density at radius 1 is 0.759 bits per heavy atom. The second-order valence-corrected chi connectivity index (χ2v) is 14.9. The van der Waals surface area contributed by atoms with Crippen molar-refractivity contribution in [1.82, 2.24) is 20.1 Å². The molecule has 14 heteroatoms. The van der Waals surface area contributed by atoms with Crippen molar-refractivity contribution in [2.24, 2.45) is 0 Å². The third kappa shape index (κ3) is 11.1. The number of carbonyl (C=O) groups excluding carboxylic acids is 4. The zero-order valence-electron chi connectivity index (χ0n) is 34.0. The molecule has 3 aliphatic rings. The molecular formula is C44H57N5O9. The number of fused-ring (bicyclic) bond motifs is 1. The van der Waals surface area contributed by atoms with E-state index in [0.29, 0.717) is 64.5 Å². The van der Waals surface area contributed by atoms with Gasteiger partial charge >= 0.3 is 0 Å². The minimum absolute atomic E-state index is 0.0684. The maximum absolute atomic E-state index is 13.0. The molecule has 1 N–H and O–H groups in total. The minimum atomic E-state index is -1.01. The summed E-state index contributed by atoms with van der Waals surface area (Å²) in [5.41, 5.74) is 6.84. The van der Waals surface area contributed by atoms with Crippen molar-refractivity contribution in [3.05, 3.63) is 77.1 Å². The third-order valence-electron chi connectivity index (χ3n) is 11.0. The van der Waals surface area contributed by atoms with Crippen molar-refractivity contribution < 1.29 is 42.9 Å². The number of ether oxygens (including phenoxy) is 5. The fourth-order valence-electron chi connectivity index (χ4n) is 7.57. The lowest BCUT2D eigenvalue weighted by Gasteiger charge is -2.36. The van der Waals surface area contributed by atoms with Gasteiger partial charge in [-0.05, 0) is 85.2 Å². The van der Waals surface area contributed by atoms with Crippen molar-refractivity contribution in [1.29, 1.82) is 0 Å². The van der Waals surface area contributed by atoms with Crippen LogP contribution >= 0.6 is 0 Å². The van der Waals surface area contributed by atoms with Crippen LogP contribution in [-0.2, 0) is 28.5 Å². The van der Waals surface area contributed by atoms with E-state index in [4.69, 9.17) is 23.7 Å². The molecule has 6 rings (SSSR count). The van der Waals surface area contributed by atoms with E-state index < -0.39 is 29.7 Å². The van der Waals surface area contributed by atoms with E-state index in [1.165, 1.54) is 40.1 Å². The molecule has 2 unspecified atom stereocenters. The number of pyridine rings is 1. The highest BCUT2D eigenvalue weighted by Crippen LogP contribution is 2.34. The van der Waals surface area contributed by atoms with Gasteiger partial charge in [0.05, 0.1) is 57.4 Å². The number of amides is 4. The number of carbonyl (C=O) groups is 4. The molecule has 4 amide bonds. The Labute approximate surface area is 341 Å². The van der Waals surface area contributed by atoms with Gasteiger partial charge in [-0.1, -0.05) is 19.9 Å². The number of imide groups is 2. The van der Waals surface area contributed by atoms with Crippen LogP contribution in [0.25, 0.3) is 11.1 Å². The van der Waals surface area contributed by atoms with Gasteiger partial charge in [-0.2, -0.15) is 0 Å². The largest absolute Gasteiger partial charge is 0.491 e. The average Bonchev–Trinajstić information content (AvgIpc) is 3.48. The fraction of sp³-hybridized carbons (Fsp3) is 0.523. The molecular weight excluding hydrogens is 743 g/mol. The molecule has 0 radical (unpaired) electrons. The van der Waals surface area contributed by atoms with E-state index in [1.54, 1.807) is 6.07 Å². The summed E-state index contributed by atoms with van der Waals surface area (Å²) in [6.45, 7) is 15.9. The number of hydrogen-bond acceptors (Lipinski definition) is 12. The number of rotatable bonds is 22. The van der Waals surface area contributed by atoms with Crippen molar-refractivity contribution >= 4 is 29.3 Å². The first kappa shape index (κ1) is 42.9. The minimum Gasteiger partial charge on any atom is -0.491 e. The van der Waals surface area contributed by atoms with Gasteiger partial charge in [-0.3, -0.25) is 39.3 Å². The van der Waals surface area contributed by atoms with Crippen LogP contribution in [0.5, 0.6) is 5.75 Å². The number of benzene rings is 2. The Bertz CT molecular complexity index is 1880. The van der Waals surface area contributed by atoms with Gasteiger partial charge in [0.2, 0.25) is 11.8 Å². The summed E-state index contributed by atoms with van der Waals surface area (Å²) in [7, 11) is 0. The normalized spacial score (nSPS) is 17.8. The number of anilines is 1. The second-order valence-electron chi connectivity index (χ2n) is 14.9. The van der Waals surface area contributed by atoms with Gasteiger partial charge in [0, 0.05) is 69.4 Å². The van der Waals surface area contributed by atoms with Crippen molar-refractivity contribution in [2.75, 3.05) is 97.1 Å². The molecule has 0 aliphatic carbocycles. The Morgan fingerprint density at radius 2 is 1.41 bits per heavy atom. The highest BCUT2D eigenvalue weighted by atomic mass is 16.6. The van der Waals surface area contributed by atoms with Gasteiger partial charge in [-0.25, -0.2) is 0 Å². The summed E-state index contributed by atoms with van der Waals surface area (Å²) < 4.78 is 28.3. The summed E-state index contributed by atoms with van der Waals surface area (Å²) in [5, 5.41) is 2.19. The first-order valence-electron chi connectivity index (χ1n) is 20.6. The second kappa shape index (κ2) is 21.3. The average molecular weight is 800 g/mol. The first-order valence-corrected chi connectivity index (χ1v) is 20.6. The number of aryl methyl sites for hydroxylation is 1. The topological polar surface area (TPSA) is 149 Å². The lowest BCUT2D eigenvalue weighted by molar-refractivity contribution is -0.136. The molecule has 2 saturated heterocycles. The summed E-state index contributed by atoms with van der Waals surface area (Å²) in [6, 6.07) is 12.6. The van der Waals surface area contributed by atoms with Crippen molar-refractivity contribution in [2.45, 2.75) is 58.4 Å². The predicted octanol–water partition coefficient (Wildman–Crippen LogP) is 4.63. The van der Waals surface area contributed by atoms with Gasteiger partial charge < -0.3 is 28.6 Å². The Morgan fingerprint density at radius 3 is 2.09 bits per heavy atom. The summed E-state index contributed by atoms with van der Waals surface area (Å²) in [5.74, 6) is -1.28. The summed E-state index contributed by atoms with van der Waals surface area (Å²) in [4.78, 5) is 59.9. The number of piperazine rings is 1. The van der Waals surface area contributed by atoms with E-state index >= 15 is 0 Å². The molecule has 58 heavy (non-hydrogen) atoms. The number of nitrogens with zero attached hydrogens (tertiary/aromatic N) is 4. The van der Waals surface area contributed by atoms with E-state index in [9.17, 15) is 19.2 Å². The van der Waals surface area contributed by atoms with Crippen molar-refractivity contribution in [3.63, 3.8) is 0 Å². The van der Waals surface area contributed by atoms with E-state index in [1.807, 2.05) is 12.4 Å². The maximum Gasteiger partial charge on any atom is 0.262 e. The van der Waals surface area contributed by atoms with E-state index in [2.05, 4.69) is 65.1 Å². The first-order chi connectivity index (χ1) is 28.2. The van der Waals surface area contributed by atoms with Crippen molar-refractivity contribution in [3.8, 4) is 16.9 Å². The van der Waals surface area contributed by atoms with Gasteiger partial charge in [0.1, 0.15) is 18.4 Å². The monoisotopic (exact) mass is 799 g/mol. The predicted molar refractivity (Wildman–Crippen MR) is 218 cm³/mol. The zero-order valence-corrected chi connectivity index (χ0v) is 34.0. The number of nitrogens with one attached hydrogen (secondary N) is 1. The molecule has 0 spiro atoms. The molecule has 2 aromatic carbocycles. The fourth-order valence-corrected chi connectivity index (χ4v) is 7.57. The van der Waals surface area contributed by atoms with Gasteiger partial charge in [0.25, 0.3) is 11.8 Å². The standard InChI is InChI=1S/C44H57N5O9/c1-4-31(2)36-12-13-45-30-39(36)35-8-6-33(28-32(35)3)48-17-15-47(16-18-48)14-5-19-54-20-21-55-22-23-56-24-25-57-26-27-58-34-7-9-37-38(29-34)44(53)49(43(37)52)40-10-11-41(50)46-42(40)51/h6-9,12-13,28-31,40H,4-5,10-11,14-27H2,1-3H3,(H,46,50,51). The van der Waals surface area contributed by atoms with Crippen LogP contribution in [0.2, 0.25) is 0 Å². The molecule has 2 fully saturated rings. The van der Waals surface area contributed by atoms with Gasteiger partial charge in [-0.15, -0.1) is 0 Å². The molecule has 0 saturated carbocycles. The molecule has 0 bridgehead atoms. The molecule has 3 aliphatic heterocycles. The smallest absolute Gasteiger partial charge is 0.262 e. The molecule has 4 heterocycles. The number of aromatic nitrogens is 1. The highest BCUT2D eigenvalue weighted by Gasteiger charge is 2.44. The van der Waals surface area contributed by atoms with Crippen LogP contribution < -0.4 is 15.0 Å². The lowest BCUT2D eigenvalue weighted by atomic mass is 9.90. The molecule has 1 aromatic heterocycles. The van der Waals surface area contributed by atoms with Crippen LogP contribution in [0.3, 0.4) is 0 Å². The van der Waals surface area contributed by atoms with Gasteiger partial charge in [0.15, 0.2) is 0 Å².